The van der Waals surface area contributed by atoms with Gasteiger partial charge in [-0.2, -0.15) is 5.26 Å². The number of aromatic nitrogens is 2. The summed E-state index contributed by atoms with van der Waals surface area (Å²) in [5.74, 6) is 0.778. The SMILES string of the molecule is N#Cc1cccc(C(=O)N2CCN(c3ccc(-c4ccccc4)nn3)CC2)c1. The minimum absolute atomic E-state index is 0.0396. The number of anilines is 1. The van der Waals surface area contributed by atoms with Crippen molar-refractivity contribution in [1.82, 2.24) is 15.1 Å². The van der Waals surface area contributed by atoms with E-state index in [-0.39, 0.29) is 5.91 Å². The third-order valence-corrected chi connectivity index (χ3v) is 4.85. The van der Waals surface area contributed by atoms with Crippen LogP contribution in [0, 0.1) is 11.3 Å². The molecule has 6 heteroatoms. The van der Waals surface area contributed by atoms with Crippen molar-refractivity contribution in [3.8, 4) is 17.3 Å². The van der Waals surface area contributed by atoms with E-state index in [0.717, 1.165) is 17.1 Å². The third kappa shape index (κ3) is 3.69. The van der Waals surface area contributed by atoms with Crippen molar-refractivity contribution in [3.63, 3.8) is 0 Å². The van der Waals surface area contributed by atoms with E-state index >= 15 is 0 Å². The third-order valence-electron chi connectivity index (χ3n) is 4.85. The average Bonchev–Trinajstić information content (AvgIpc) is 2.79. The molecule has 2 aromatic carbocycles. The van der Waals surface area contributed by atoms with E-state index in [1.54, 1.807) is 24.3 Å². The molecule has 28 heavy (non-hydrogen) atoms. The molecule has 1 aliphatic rings. The zero-order chi connectivity index (χ0) is 19.3. The van der Waals surface area contributed by atoms with Gasteiger partial charge in [-0.05, 0) is 30.3 Å². The highest BCUT2D eigenvalue weighted by molar-refractivity contribution is 5.94. The van der Waals surface area contributed by atoms with Crippen LogP contribution in [-0.4, -0.2) is 47.2 Å². The number of benzene rings is 2. The predicted octanol–water partition coefficient (Wildman–Crippen LogP) is 2.98. The van der Waals surface area contributed by atoms with Crippen molar-refractivity contribution in [2.24, 2.45) is 0 Å². The summed E-state index contributed by atoms with van der Waals surface area (Å²) in [6.07, 6.45) is 0. The van der Waals surface area contributed by atoms with Gasteiger partial charge in [0.2, 0.25) is 0 Å². The van der Waals surface area contributed by atoms with Gasteiger partial charge in [-0.3, -0.25) is 4.79 Å². The summed E-state index contributed by atoms with van der Waals surface area (Å²) >= 11 is 0. The second-order valence-electron chi connectivity index (χ2n) is 6.61. The molecule has 4 rings (SSSR count). The van der Waals surface area contributed by atoms with Crippen molar-refractivity contribution < 1.29 is 4.79 Å². The minimum Gasteiger partial charge on any atom is -0.352 e. The standard InChI is InChI=1S/C22H19N5O/c23-16-17-5-4-8-19(15-17)22(28)27-13-11-26(12-14-27)21-10-9-20(24-25-21)18-6-2-1-3-7-18/h1-10,15H,11-14H2. The Morgan fingerprint density at radius 2 is 1.68 bits per heavy atom. The summed E-state index contributed by atoms with van der Waals surface area (Å²) < 4.78 is 0. The molecule has 1 saturated heterocycles. The fraction of sp³-hybridized carbons (Fsp3) is 0.182. The van der Waals surface area contributed by atoms with Gasteiger partial charge in [0, 0.05) is 37.3 Å². The summed E-state index contributed by atoms with van der Waals surface area (Å²) in [5, 5.41) is 17.7. The lowest BCUT2D eigenvalue weighted by Gasteiger charge is -2.35. The number of piperazine rings is 1. The van der Waals surface area contributed by atoms with Crippen LogP contribution in [0.25, 0.3) is 11.3 Å². The second-order valence-corrected chi connectivity index (χ2v) is 6.61. The predicted molar refractivity (Wildman–Crippen MR) is 107 cm³/mol. The molecule has 6 nitrogen and oxygen atoms in total. The molecule has 0 N–H and O–H groups in total. The maximum absolute atomic E-state index is 12.7. The highest BCUT2D eigenvalue weighted by Gasteiger charge is 2.23. The van der Waals surface area contributed by atoms with Crippen molar-refractivity contribution in [2.75, 3.05) is 31.1 Å². The van der Waals surface area contributed by atoms with Crippen molar-refractivity contribution in [2.45, 2.75) is 0 Å². The number of carbonyl (C=O) groups excluding carboxylic acids is 1. The summed E-state index contributed by atoms with van der Waals surface area (Å²) in [4.78, 5) is 16.6. The first-order valence-electron chi connectivity index (χ1n) is 9.18. The van der Waals surface area contributed by atoms with Gasteiger partial charge in [0.1, 0.15) is 0 Å². The molecular weight excluding hydrogens is 350 g/mol. The molecule has 3 aromatic rings. The van der Waals surface area contributed by atoms with E-state index in [0.29, 0.717) is 37.3 Å². The van der Waals surface area contributed by atoms with Gasteiger partial charge in [0.05, 0.1) is 17.3 Å². The lowest BCUT2D eigenvalue weighted by molar-refractivity contribution is 0.0746. The number of amides is 1. The summed E-state index contributed by atoms with van der Waals surface area (Å²) in [7, 11) is 0. The van der Waals surface area contributed by atoms with Gasteiger partial charge in [0.25, 0.3) is 5.91 Å². The molecular formula is C22H19N5O. The molecule has 1 aliphatic heterocycles. The Morgan fingerprint density at radius 1 is 0.893 bits per heavy atom. The number of nitrogens with zero attached hydrogens (tertiary/aromatic N) is 5. The van der Waals surface area contributed by atoms with Crippen LogP contribution in [0.3, 0.4) is 0 Å². The van der Waals surface area contributed by atoms with Crippen molar-refractivity contribution in [1.29, 1.82) is 5.26 Å². The van der Waals surface area contributed by atoms with Crippen molar-refractivity contribution in [3.05, 3.63) is 77.9 Å². The van der Waals surface area contributed by atoms with E-state index in [2.05, 4.69) is 21.2 Å². The molecule has 0 radical (unpaired) electrons. The van der Waals surface area contributed by atoms with Gasteiger partial charge in [-0.25, -0.2) is 0 Å². The number of hydrogen-bond donors (Lipinski definition) is 0. The van der Waals surface area contributed by atoms with E-state index in [1.165, 1.54) is 0 Å². The van der Waals surface area contributed by atoms with Gasteiger partial charge in [-0.15, -0.1) is 10.2 Å². The fourth-order valence-electron chi connectivity index (χ4n) is 3.30. The van der Waals surface area contributed by atoms with Crippen LogP contribution in [0.5, 0.6) is 0 Å². The number of hydrogen-bond acceptors (Lipinski definition) is 5. The topological polar surface area (TPSA) is 73.1 Å². The Kier molecular flexibility index (Phi) is 4.98. The maximum Gasteiger partial charge on any atom is 0.254 e. The number of rotatable bonds is 3. The normalized spacial score (nSPS) is 13.8. The summed E-state index contributed by atoms with van der Waals surface area (Å²) in [5.41, 5.74) is 2.94. The Bertz CT molecular complexity index is 1000. The average molecular weight is 369 g/mol. The van der Waals surface area contributed by atoms with Gasteiger partial charge in [-0.1, -0.05) is 36.4 Å². The molecule has 1 amide bonds. The number of nitriles is 1. The number of carbonyl (C=O) groups is 1. The lowest BCUT2D eigenvalue weighted by Crippen LogP contribution is -2.49. The van der Waals surface area contributed by atoms with Crippen LogP contribution >= 0.6 is 0 Å². The Hall–Kier alpha value is -3.72. The summed E-state index contributed by atoms with van der Waals surface area (Å²) in [6, 6.07) is 22.8. The molecule has 0 saturated carbocycles. The van der Waals surface area contributed by atoms with Gasteiger partial charge < -0.3 is 9.80 Å². The smallest absolute Gasteiger partial charge is 0.254 e. The van der Waals surface area contributed by atoms with E-state index in [9.17, 15) is 4.79 Å². The zero-order valence-corrected chi connectivity index (χ0v) is 15.3. The van der Waals surface area contributed by atoms with Crippen LogP contribution in [-0.2, 0) is 0 Å². The van der Waals surface area contributed by atoms with Crippen LogP contribution in [0.4, 0.5) is 5.82 Å². The molecule has 1 fully saturated rings. The van der Waals surface area contributed by atoms with Crippen LogP contribution in [0.15, 0.2) is 66.7 Å². The molecule has 0 bridgehead atoms. The first-order valence-corrected chi connectivity index (χ1v) is 9.18. The molecule has 2 heterocycles. The zero-order valence-electron chi connectivity index (χ0n) is 15.3. The van der Waals surface area contributed by atoms with Crippen LogP contribution < -0.4 is 4.90 Å². The van der Waals surface area contributed by atoms with Gasteiger partial charge >= 0.3 is 0 Å². The van der Waals surface area contributed by atoms with Crippen LogP contribution in [0.2, 0.25) is 0 Å². The minimum atomic E-state index is -0.0396. The second kappa shape index (κ2) is 7.89. The Balaban J connectivity index is 1.40. The Labute approximate surface area is 163 Å². The molecule has 1 aromatic heterocycles. The Morgan fingerprint density at radius 3 is 2.36 bits per heavy atom. The molecule has 0 aliphatic carbocycles. The molecule has 0 unspecified atom stereocenters. The van der Waals surface area contributed by atoms with Crippen LogP contribution in [0.1, 0.15) is 15.9 Å². The van der Waals surface area contributed by atoms with E-state index < -0.39 is 0 Å². The molecule has 138 valence electrons. The van der Waals surface area contributed by atoms with E-state index in [4.69, 9.17) is 5.26 Å². The van der Waals surface area contributed by atoms with Gasteiger partial charge in [0.15, 0.2) is 5.82 Å². The van der Waals surface area contributed by atoms with E-state index in [1.807, 2.05) is 47.4 Å². The first kappa shape index (κ1) is 17.7. The highest BCUT2D eigenvalue weighted by Crippen LogP contribution is 2.19. The monoisotopic (exact) mass is 369 g/mol. The summed E-state index contributed by atoms with van der Waals surface area (Å²) in [6.45, 7) is 2.61. The lowest BCUT2D eigenvalue weighted by atomic mass is 10.1. The quantitative estimate of drug-likeness (QED) is 0.710. The first-order chi connectivity index (χ1) is 13.7. The van der Waals surface area contributed by atoms with Crippen molar-refractivity contribution >= 4 is 11.7 Å². The highest BCUT2D eigenvalue weighted by atomic mass is 16.2. The largest absolute Gasteiger partial charge is 0.352 e. The maximum atomic E-state index is 12.7. The molecule has 0 spiro atoms. The fourth-order valence-corrected chi connectivity index (χ4v) is 3.30. The molecule has 0 atom stereocenters.